The molecule has 0 saturated heterocycles. The van der Waals surface area contributed by atoms with E-state index in [-0.39, 0.29) is 0 Å². The summed E-state index contributed by atoms with van der Waals surface area (Å²) in [4.78, 5) is 0. The summed E-state index contributed by atoms with van der Waals surface area (Å²) in [6, 6.07) is 4.27. The Morgan fingerprint density at radius 2 is 1.57 bits per heavy atom. The Balaban J connectivity index is 2.16. The summed E-state index contributed by atoms with van der Waals surface area (Å²) in [6.45, 7) is 4.42. The Morgan fingerprint density at radius 3 is 2.19 bits per heavy atom. The standard InChI is InChI=1S/C17H27Br2NO/c1-3-4-5-6-7-8-10-20-11-9-14-12-15(18)17(21-2)16(19)13-14/h12-13,20H,3-11H2,1-2H3. The van der Waals surface area contributed by atoms with E-state index in [4.69, 9.17) is 4.74 Å². The summed E-state index contributed by atoms with van der Waals surface area (Å²) in [5, 5.41) is 3.53. The van der Waals surface area contributed by atoms with Gasteiger partial charge >= 0.3 is 0 Å². The molecule has 0 aromatic heterocycles. The molecule has 0 aliphatic carbocycles. The van der Waals surface area contributed by atoms with Crippen LogP contribution in [0.5, 0.6) is 5.75 Å². The van der Waals surface area contributed by atoms with Gasteiger partial charge in [0.1, 0.15) is 5.75 Å². The Labute approximate surface area is 146 Å². The van der Waals surface area contributed by atoms with E-state index >= 15 is 0 Å². The second kappa shape index (κ2) is 11.5. The van der Waals surface area contributed by atoms with Gasteiger partial charge in [-0.1, -0.05) is 39.0 Å². The first-order chi connectivity index (χ1) is 10.2. The van der Waals surface area contributed by atoms with Gasteiger partial charge < -0.3 is 10.1 Å². The summed E-state index contributed by atoms with van der Waals surface area (Å²) in [5.41, 5.74) is 1.31. The van der Waals surface area contributed by atoms with Gasteiger partial charge in [-0.15, -0.1) is 0 Å². The molecule has 0 unspecified atom stereocenters. The number of unbranched alkanes of at least 4 members (excludes halogenated alkanes) is 5. The fourth-order valence-electron chi connectivity index (χ4n) is 2.34. The van der Waals surface area contributed by atoms with Crippen LogP contribution in [-0.4, -0.2) is 20.2 Å². The van der Waals surface area contributed by atoms with E-state index in [1.54, 1.807) is 7.11 Å². The average Bonchev–Trinajstić information content (AvgIpc) is 2.45. The van der Waals surface area contributed by atoms with Crippen LogP contribution >= 0.6 is 31.9 Å². The van der Waals surface area contributed by atoms with Crippen LogP contribution < -0.4 is 10.1 Å². The van der Waals surface area contributed by atoms with E-state index in [1.807, 2.05) is 0 Å². The maximum absolute atomic E-state index is 5.32. The van der Waals surface area contributed by atoms with Gasteiger partial charge in [0.2, 0.25) is 0 Å². The van der Waals surface area contributed by atoms with Gasteiger partial charge in [0, 0.05) is 0 Å². The second-order valence-corrected chi connectivity index (χ2v) is 7.07. The number of hydrogen-bond donors (Lipinski definition) is 1. The Bertz CT molecular complexity index is 387. The van der Waals surface area contributed by atoms with Crippen LogP contribution in [-0.2, 0) is 6.42 Å². The normalized spacial score (nSPS) is 10.9. The first-order valence-electron chi connectivity index (χ1n) is 7.91. The van der Waals surface area contributed by atoms with Crippen LogP contribution in [0.25, 0.3) is 0 Å². The second-order valence-electron chi connectivity index (χ2n) is 5.36. The summed E-state index contributed by atoms with van der Waals surface area (Å²) in [5.74, 6) is 0.860. The van der Waals surface area contributed by atoms with Crippen molar-refractivity contribution in [1.82, 2.24) is 5.32 Å². The highest BCUT2D eigenvalue weighted by atomic mass is 79.9. The molecule has 1 aromatic rings. The summed E-state index contributed by atoms with van der Waals surface area (Å²) < 4.78 is 7.33. The number of methoxy groups -OCH3 is 1. The molecule has 0 spiro atoms. The average molecular weight is 421 g/mol. The molecule has 0 saturated carbocycles. The number of rotatable bonds is 11. The maximum atomic E-state index is 5.32. The lowest BCUT2D eigenvalue weighted by Crippen LogP contribution is -2.18. The monoisotopic (exact) mass is 419 g/mol. The molecule has 0 fully saturated rings. The smallest absolute Gasteiger partial charge is 0.147 e. The minimum absolute atomic E-state index is 0.860. The molecule has 2 nitrogen and oxygen atoms in total. The maximum Gasteiger partial charge on any atom is 0.147 e. The quantitative estimate of drug-likeness (QED) is 0.462. The summed E-state index contributed by atoms with van der Waals surface area (Å²) >= 11 is 7.09. The van der Waals surface area contributed by atoms with E-state index in [1.165, 1.54) is 44.1 Å². The largest absolute Gasteiger partial charge is 0.494 e. The first kappa shape index (κ1) is 19.0. The minimum Gasteiger partial charge on any atom is -0.494 e. The Morgan fingerprint density at radius 1 is 0.952 bits per heavy atom. The van der Waals surface area contributed by atoms with E-state index in [2.05, 4.69) is 56.2 Å². The number of ether oxygens (including phenoxy) is 1. The lowest BCUT2D eigenvalue weighted by molar-refractivity contribution is 0.409. The van der Waals surface area contributed by atoms with Crippen LogP contribution in [0.3, 0.4) is 0 Å². The van der Waals surface area contributed by atoms with Crippen LogP contribution in [0.1, 0.15) is 51.0 Å². The molecule has 4 heteroatoms. The van der Waals surface area contributed by atoms with Crippen LogP contribution in [0, 0.1) is 0 Å². The molecule has 0 atom stereocenters. The van der Waals surface area contributed by atoms with E-state index in [0.29, 0.717) is 0 Å². The topological polar surface area (TPSA) is 21.3 Å². The highest BCUT2D eigenvalue weighted by molar-refractivity contribution is 9.11. The van der Waals surface area contributed by atoms with E-state index in [0.717, 1.165) is 34.2 Å². The highest BCUT2D eigenvalue weighted by Gasteiger charge is 2.07. The molecule has 1 rings (SSSR count). The number of nitrogens with one attached hydrogen (secondary N) is 1. The van der Waals surface area contributed by atoms with Crippen molar-refractivity contribution in [3.05, 3.63) is 26.6 Å². The molecule has 1 N–H and O–H groups in total. The SMILES string of the molecule is CCCCCCCCNCCc1cc(Br)c(OC)c(Br)c1. The molecule has 0 heterocycles. The van der Waals surface area contributed by atoms with Crippen LogP contribution in [0.4, 0.5) is 0 Å². The summed E-state index contributed by atoms with van der Waals surface area (Å²) in [7, 11) is 1.69. The third kappa shape index (κ3) is 7.66. The van der Waals surface area contributed by atoms with Gasteiger partial charge in [-0.3, -0.25) is 0 Å². The van der Waals surface area contributed by atoms with Crippen molar-refractivity contribution >= 4 is 31.9 Å². The minimum atomic E-state index is 0.860. The molecule has 120 valence electrons. The van der Waals surface area contributed by atoms with Crippen molar-refractivity contribution in [1.29, 1.82) is 0 Å². The van der Waals surface area contributed by atoms with Crippen molar-refractivity contribution in [3.8, 4) is 5.75 Å². The van der Waals surface area contributed by atoms with Crippen molar-refractivity contribution in [2.75, 3.05) is 20.2 Å². The van der Waals surface area contributed by atoms with E-state index in [9.17, 15) is 0 Å². The van der Waals surface area contributed by atoms with Gasteiger partial charge in [0.05, 0.1) is 16.1 Å². The van der Waals surface area contributed by atoms with E-state index < -0.39 is 0 Å². The van der Waals surface area contributed by atoms with Gasteiger partial charge in [0.15, 0.2) is 0 Å². The molecule has 0 radical (unpaired) electrons. The molecule has 1 aromatic carbocycles. The molecule has 0 aliphatic heterocycles. The highest BCUT2D eigenvalue weighted by Crippen LogP contribution is 2.34. The third-order valence-corrected chi connectivity index (χ3v) is 4.74. The van der Waals surface area contributed by atoms with Crippen molar-refractivity contribution in [3.63, 3.8) is 0 Å². The Hall–Kier alpha value is -0.0600. The lowest BCUT2D eigenvalue weighted by atomic mass is 10.1. The predicted molar refractivity (Wildman–Crippen MR) is 98.3 cm³/mol. The van der Waals surface area contributed by atoms with Gasteiger partial charge in [-0.05, 0) is 75.5 Å². The molecule has 21 heavy (non-hydrogen) atoms. The zero-order chi connectivity index (χ0) is 15.5. The predicted octanol–water partition coefficient (Wildman–Crippen LogP) is 5.71. The Kier molecular flexibility index (Phi) is 10.4. The zero-order valence-corrected chi connectivity index (χ0v) is 16.4. The fraction of sp³-hybridized carbons (Fsp3) is 0.647. The third-order valence-electron chi connectivity index (χ3n) is 3.56. The fourth-order valence-corrected chi connectivity index (χ4v) is 3.94. The van der Waals surface area contributed by atoms with Crippen molar-refractivity contribution in [2.24, 2.45) is 0 Å². The first-order valence-corrected chi connectivity index (χ1v) is 9.50. The van der Waals surface area contributed by atoms with Gasteiger partial charge in [-0.2, -0.15) is 0 Å². The molecular weight excluding hydrogens is 394 g/mol. The molecule has 0 bridgehead atoms. The lowest BCUT2D eigenvalue weighted by Gasteiger charge is -2.10. The molecule has 0 amide bonds. The summed E-state index contributed by atoms with van der Waals surface area (Å²) in [6.07, 6.45) is 9.17. The number of hydrogen-bond acceptors (Lipinski definition) is 2. The number of benzene rings is 1. The molecule has 0 aliphatic rings. The number of halogens is 2. The van der Waals surface area contributed by atoms with Crippen LogP contribution in [0.2, 0.25) is 0 Å². The van der Waals surface area contributed by atoms with Gasteiger partial charge in [0.25, 0.3) is 0 Å². The van der Waals surface area contributed by atoms with Crippen molar-refractivity contribution in [2.45, 2.75) is 51.9 Å². The van der Waals surface area contributed by atoms with Gasteiger partial charge in [-0.25, -0.2) is 0 Å². The van der Waals surface area contributed by atoms with Crippen molar-refractivity contribution < 1.29 is 4.74 Å². The van der Waals surface area contributed by atoms with Crippen LogP contribution in [0.15, 0.2) is 21.1 Å². The zero-order valence-electron chi connectivity index (χ0n) is 13.2. The molecular formula is C17H27Br2NO.